The van der Waals surface area contributed by atoms with Crippen LogP contribution in [0, 0.1) is 0 Å². The average molecular weight is 499 g/mol. The molecule has 1 aliphatic rings. The fraction of sp³-hybridized carbons (Fsp3) is 0.296. The van der Waals surface area contributed by atoms with Crippen LogP contribution < -0.4 is 10.6 Å². The van der Waals surface area contributed by atoms with Gasteiger partial charge in [-0.2, -0.15) is 0 Å². The Morgan fingerprint density at radius 3 is 2.65 bits per heavy atom. The van der Waals surface area contributed by atoms with E-state index in [1.54, 1.807) is 12.3 Å². The fourth-order valence-electron chi connectivity index (χ4n) is 4.27. The van der Waals surface area contributed by atoms with Gasteiger partial charge in [-0.15, -0.1) is 10.2 Å². The van der Waals surface area contributed by atoms with E-state index in [9.17, 15) is 4.79 Å². The van der Waals surface area contributed by atoms with E-state index in [2.05, 4.69) is 47.8 Å². The fourth-order valence-corrected chi connectivity index (χ4v) is 4.27. The molecule has 0 saturated carbocycles. The molecule has 10 heteroatoms. The minimum absolute atomic E-state index is 0.116. The first kappa shape index (κ1) is 24.5. The van der Waals surface area contributed by atoms with Crippen LogP contribution in [-0.4, -0.2) is 61.8 Å². The number of nitrogens with one attached hydrogen (secondary N) is 2. The highest BCUT2D eigenvalue weighted by Gasteiger charge is 2.14. The molecule has 1 amide bonds. The highest BCUT2D eigenvalue weighted by Crippen LogP contribution is 2.17. The normalized spacial score (nSPS) is 13.9. The van der Waals surface area contributed by atoms with Gasteiger partial charge in [0.15, 0.2) is 11.6 Å². The molecule has 2 N–H and O–H groups in total. The second-order valence-electron chi connectivity index (χ2n) is 8.87. The Labute approximate surface area is 215 Å². The number of anilines is 1. The molecule has 0 spiro atoms. The first-order valence-electron chi connectivity index (χ1n) is 12.3. The highest BCUT2D eigenvalue weighted by molar-refractivity contribution is 5.95. The van der Waals surface area contributed by atoms with Gasteiger partial charge in [0.25, 0.3) is 5.91 Å². The van der Waals surface area contributed by atoms with Crippen LogP contribution in [0.1, 0.15) is 27.3 Å². The van der Waals surface area contributed by atoms with E-state index in [4.69, 9.17) is 4.74 Å². The molecule has 0 aliphatic carbocycles. The third kappa shape index (κ3) is 6.16. The van der Waals surface area contributed by atoms with Crippen molar-refractivity contribution in [1.82, 2.24) is 34.9 Å². The Kier molecular flexibility index (Phi) is 7.78. The highest BCUT2D eigenvalue weighted by atomic mass is 16.5. The second kappa shape index (κ2) is 11.7. The zero-order chi connectivity index (χ0) is 25.5. The molecule has 10 nitrogen and oxygen atoms in total. The summed E-state index contributed by atoms with van der Waals surface area (Å²) in [5.41, 5.74) is 4.48. The molecular weight excluding hydrogens is 468 g/mol. The molecule has 0 atom stereocenters. The van der Waals surface area contributed by atoms with Crippen molar-refractivity contribution in [2.75, 3.05) is 31.6 Å². The molecular formula is C27H30N8O2. The van der Waals surface area contributed by atoms with E-state index in [0.29, 0.717) is 30.2 Å². The van der Waals surface area contributed by atoms with Crippen molar-refractivity contribution in [3.05, 3.63) is 89.6 Å². The van der Waals surface area contributed by atoms with Crippen molar-refractivity contribution < 1.29 is 9.53 Å². The van der Waals surface area contributed by atoms with Crippen LogP contribution in [0.15, 0.2) is 67.1 Å². The Morgan fingerprint density at radius 1 is 1.00 bits per heavy atom. The lowest BCUT2D eigenvalue weighted by Gasteiger charge is -2.27. The maximum absolute atomic E-state index is 13.0. The van der Waals surface area contributed by atoms with Crippen molar-refractivity contribution in [1.29, 1.82) is 0 Å². The van der Waals surface area contributed by atoms with Gasteiger partial charge in [-0.1, -0.05) is 30.3 Å². The van der Waals surface area contributed by atoms with Gasteiger partial charge in [0.05, 0.1) is 19.8 Å². The van der Waals surface area contributed by atoms with Gasteiger partial charge in [0.1, 0.15) is 12.0 Å². The smallest absolute Gasteiger partial charge is 0.251 e. The summed E-state index contributed by atoms with van der Waals surface area (Å²) >= 11 is 0. The van der Waals surface area contributed by atoms with Gasteiger partial charge in [0.2, 0.25) is 0 Å². The summed E-state index contributed by atoms with van der Waals surface area (Å²) in [7, 11) is 1.90. The van der Waals surface area contributed by atoms with Crippen molar-refractivity contribution in [2.24, 2.45) is 7.05 Å². The third-order valence-corrected chi connectivity index (χ3v) is 6.41. The predicted molar refractivity (Wildman–Crippen MR) is 140 cm³/mol. The molecule has 4 aromatic rings. The van der Waals surface area contributed by atoms with Crippen molar-refractivity contribution in [2.45, 2.75) is 19.6 Å². The molecule has 0 bridgehead atoms. The first-order chi connectivity index (χ1) is 18.2. The van der Waals surface area contributed by atoms with Crippen LogP contribution in [-0.2, 0) is 31.4 Å². The van der Waals surface area contributed by atoms with Crippen molar-refractivity contribution in [3.8, 4) is 11.5 Å². The summed E-state index contributed by atoms with van der Waals surface area (Å²) in [6, 6.07) is 17.5. The lowest BCUT2D eigenvalue weighted by molar-refractivity contribution is 0.0340. The number of amides is 1. The average Bonchev–Trinajstić information content (AvgIpc) is 3.32. The molecule has 1 saturated heterocycles. The lowest BCUT2D eigenvalue weighted by Crippen LogP contribution is -2.36. The van der Waals surface area contributed by atoms with E-state index >= 15 is 0 Å². The van der Waals surface area contributed by atoms with Gasteiger partial charge >= 0.3 is 0 Å². The van der Waals surface area contributed by atoms with Gasteiger partial charge in [-0.25, -0.2) is 9.97 Å². The van der Waals surface area contributed by atoms with Crippen LogP contribution >= 0.6 is 0 Å². The van der Waals surface area contributed by atoms with Gasteiger partial charge in [-0.3, -0.25) is 9.69 Å². The van der Waals surface area contributed by atoms with Crippen LogP contribution in [0.2, 0.25) is 0 Å². The lowest BCUT2D eigenvalue weighted by atomic mass is 10.1. The minimum Gasteiger partial charge on any atom is -0.379 e. The number of benzene rings is 2. The Balaban J connectivity index is 1.19. The molecule has 0 radical (unpaired) electrons. The molecule has 1 aliphatic heterocycles. The number of rotatable bonds is 9. The van der Waals surface area contributed by atoms with Gasteiger partial charge in [0, 0.05) is 50.7 Å². The standard InChI is InChI=1S/C27H30N8O2/c1-34-25(32-33-26(34)24-9-10-28-19-31-24)17-29-23-8-4-7-20(15-23)27(36)30-16-21-5-2-3-6-22(21)18-35-11-13-37-14-12-35/h2-10,15,19,29H,11-14,16-18H2,1H3,(H,30,36). The number of morpholine rings is 1. The number of carbonyl (C=O) groups excluding carboxylic acids is 1. The first-order valence-corrected chi connectivity index (χ1v) is 12.3. The van der Waals surface area contributed by atoms with Crippen LogP contribution in [0.25, 0.3) is 11.5 Å². The SMILES string of the molecule is Cn1c(CNc2cccc(C(=O)NCc3ccccc3CN3CCOCC3)c2)nnc1-c1ccncn1. The molecule has 2 aromatic heterocycles. The number of nitrogens with zero attached hydrogens (tertiary/aromatic N) is 6. The van der Waals surface area contributed by atoms with Crippen molar-refractivity contribution >= 4 is 11.6 Å². The second-order valence-corrected chi connectivity index (χ2v) is 8.87. The molecule has 5 rings (SSSR count). The number of aromatic nitrogens is 5. The largest absolute Gasteiger partial charge is 0.379 e. The monoisotopic (exact) mass is 498 g/mol. The zero-order valence-corrected chi connectivity index (χ0v) is 20.8. The number of ether oxygens (including phenoxy) is 1. The maximum Gasteiger partial charge on any atom is 0.251 e. The zero-order valence-electron chi connectivity index (χ0n) is 20.8. The van der Waals surface area contributed by atoms with E-state index in [1.807, 2.05) is 48.0 Å². The van der Waals surface area contributed by atoms with Crippen LogP contribution in [0.4, 0.5) is 5.69 Å². The Bertz CT molecular complexity index is 1340. The number of carbonyl (C=O) groups is 1. The van der Waals surface area contributed by atoms with E-state index < -0.39 is 0 Å². The van der Waals surface area contributed by atoms with Gasteiger partial charge in [-0.05, 0) is 35.4 Å². The summed E-state index contributed by atoms with van der Waals surface area (Å²) < 4.78 is 7.35. The van der Waals surface area contributed by atoms with E-state index in [1.165, 1.54) is 11.9 Å². The molecule has 190 valence electrons. The summed E-state index contributed by atoms with van der Waals surface area (Å²) in [5.74, 6) is 1.30. The molecule has 0 unspecified atom stereocenters. The Morgan fingerprint density at radius 2 is 1.84 bits per heavy atom. The predicted octanol–water partition coefficient (Wildman–Crippen LogP) is 2.65. The van der Waals surface area contributed by atoms with Crippen LogP contribution in [0.3, 0.4) is 0 Å². The molecule has 37 heavy (non-hydrogen) atoms. The van der Waals surface area contributed by atoms with E-state index in [0.717, 1.165) is 49.9 Å². The Hall–Kier alpha value is -4.15. The summed E-state index contributed by atoms with van der Waals surface area (Å²) in [5, 5.41) is 14.9. The topological polar surface area (TPSA) is 110 Å². The molecule has 1 fully saturated rings. The minimum atomic E-state index is -0.116. The summed E-state index contributed by atoms with van der Waals surface area (Å²) in [4.78, 5) is 23.5. The number of hydrogen-bond donors (Lipinski definition) is 2. The van der Waals surface area contributed by atoms with E-state index in [-0.39, 0.29) is 5.91 Å². The summed E-state index contributed by atoms with van der Waals surface area (Å²) in [6.07, 6.45) is 3.16. The van der Waals surface area contributed by atoms with Gasteiger partial charge < -0.3 is 19.9 Å². The van der Waals surface area contributed by atoms with Crippen molar-refractivity contribution in [3.63, 3.8) is 0 Å². The quantitative estimate of drug-likeness (QED) is 0.363. The summed E-state index contributed by atoms with van der Waals surface area (Å²) in [6.45, 7) is 5.17. The molecule has 3 heterocycles. The molecule has 2 aromatic carbocycles. The van der Waals surface area contributed by atoms with Crippen LogP contribution in [0.5, 0.6) is 0 Å². The third-order valence-electron chi connectivity index (χ3n) is 6.41. The maximum atomic E-state index is 13.0. The number of hydrogen-bond acceptors (Lipinski definition) is 8.